The summed E-state index contributed by atoms with van der Waals surface area (Å²) < 4.78 is 39.5. The molecular formula is C34H37F2NO4. The maximum atomic E-state index is 13.8. The first kappa shape index (κ1) is 27.7. The van der Waals surface area contributed by atoms with Gasteiger partial charge in [-0.15, -0.1) is 0 Å². The van der Waals surface area contributed by atoms with E-state index in [2.05, 4.69) is 29.2 Å². The predicted octanol–water partition coefficient (Wildman–Crippen LogP) is 7.22. The fourth-order valence-corrected chi connectivity index (χ4v) is 6.50. The van der Waals surface area contributed by atoms with Crippen LogP contribution >= 0.6 is 0 Å². The van der Waals surface area contributed by atoms with E-state index in [1.165, 1.54) is 42.0 Å². The van der Waals surface area contributed by atoms with Gasteiger partial charge in [-0.05, 0) is 109 Å². The Labute approximate surface area is 240 Å². The van der Waals surface area contributed by atoms with E-state index < -0.39 is 23.6 Å². The van der Waals surface area contributed by atoms with Crippen LogP contribution in [-0.4, -0.2) is 35.2 Å². The molecule has 1 saturated carbocycles. The lowest BCUT2D eigenvalue weighted by molar-refractivity contribution is -0.144. The molecule has 0 radical (unpaired) electrons. The summed E-state index contributed by atoms with van der Waals surface area (Å²) in [6.07, 6.45) is 6.13. The van der Waals surface area contributed by atoms with E-state index >= 15 is 0 Å². The van der Waals surface area contributed by atoms with Crippen molar-refractivity contribution >= 4 is 5.97 Å². The molecular weight excluding hydrogens is 524 g/mol. The minimum Gasteiger partial charge on any atom is -0.493 e. The zero-order valence-electron chi connectivity index (χ0n) is 23.5. The van der Waals surface area contributed by atoms with Crippen molar-refractivity contribution in [2.24, 2.45) is 5.92 Å². The molecule has 3 aromatic carbocycles. The number of hydrogen-bond donors (Lipinski definition) is 1. The van der Waals surface area contributed by atoms with Crippen LogP contribution in [0.4, 0.5) is 8.78 Å². The second kappa shape index (κ2) is 11.8. The maximum Gasteiger partial charge on any atom is 0.321 e. The molecule has 3 aromatic rings. The highest BCUT2D eigenvalue weighted by Gasteiger charge is 2.35. The van der Waals surface area contributed by atoms with Gasteiger partial charge in [-0.3, -0.25) is 9.69 Å². The normalized spacial score (nSPS) is 21.5. The number of nitrogens with zero attached hydrogens (tertiary/aromatic N) is 1. The molecule has 6 rings (SSSR count). The number of halogens is 2. The molecule has 1 aliphatic carbocycles. The number of carbonyl (C=O) groups is 1. The van der Waals surface area contributed by atoms with Crippen molar-refractivity contribution in [3.8, 4) is 11.5 Å². The third kappa shape index (κ3) is 5.96. The molecule has 3 aliphatic rings. The Morgan fingerprint density at radius 2 is 1.80 bits per heavy atom. The van der Waals surface area contributed by atoms with Crippen molar-refractivity contribution in [1.29, 1.82) is 0 Å². The van der Waals surface area contributed by atoms with Crippen LogP contribution in [0.5, 0.6) is 11.5 Å². The Kier molecular flexibility index (Phi) is 7.98. The molecule has 7 heteroatoms. The molecule has 0 unspecified atom stereocenters. The first-order valence-electron chi connectivity index (χ1n) is 14.8. The summed E-state index contributed by atoms with van der Waals surface area (Å²) in [6.45, 7) is 4.08. The van der Waals surface area contributed by atoms with E-state index in [-0.39, 0.29) is 12.0 Å². The van der Waals surface area contributed by atoms with Crippen LogP contribution in [0, 0.1) is 17.6 Å². The molecule has 216 valence electrons. The number of carboxylic acid groups (broad SMARTS) is 1. The molecule has 0 amide bonds. The number of carboxylic acids is 1. The molecule has 0 saturated heterocycles. The first-order valence-corrected chi connectivity index (χ1v) is 14.8. The number of fused-ring (bicyclic) bond motifs is 2. The second-order valence-electron chi connectivity index (χ2n) is 11.8. The van der Waals surface area contributed by atoms with Gasteiger partial charge in [-0.25, -0.2) is 8.78 Å². The van der Waals surface area contributed by atoms with Crippen molar-refractivity contribution < 1.29 is 28.2 Å². The highest BCUT2D eigenvalue weighted by Crippen LogP contribution is 2.38. The van der Waals surface area contributed by atoms with Crippen molar-refractivity contribution in [2.75, 3.05) is 13.2 Å². The van der Waals surface area contributed by atoms with Crippen LogP contribution < -0.4 is 9.47 Å². The molecule has 3 atom stereocenters. The molecule has 1 fully saturated rings. The monoisotopic (exact) mass is 561 g/mol. The van der Waals surface area contributed by atoms with Crippen LogP contribution in [0.2, 0.25) is 0 Å². The second-order valence-corrected chi connectivity index (χ2v) is 11.8. The summed E-state index contributed by atoms with van der Waals surface area (Å²) in [5.74, 6) is -0.0262. The highest BCUT2D eigenvalue weighted by atomic mass is 19.2. The fraction of sp³-hybridized carbons (Fsp3) is 0.441. The summed E-state index contributed by atoms with van der Waals surface area (Å²) >= 11 is 0. The minimum absolute atomic E-state index is 0.276. The van der Waals surface area contributed by atoms with Gasteiger partial charge in [-0.2, -0.15) is 0 Å². The predicted molar refractivity (Wildman–Crippen MR) is 152 cm³/mol. The van der Waals surface area contributed by atoms with Crippen LogP contribution in [0.1, 0.15) is 78.9 Å². The van der Waals surface area contributed by atoms with Gasteiger partial charge in [0.25, 0.3) is 0 Å². The van der Waals surface area contributed by atoms with E-state index in [0.717, 1.165) is 36.8 Å². The summed E-state index contributed by atoms with van der Waals surface area (Å²) in [5, 5.41) is 9.93. The average Bonchev–Trinajstić information content (AvgIpc) is 3.15. The lowest BCUT2D eigenvalue weighted by Crippen LogP contribution is -2.48. The zero-order chi connectivity index (χ0) is 28.5. The zero-order valence-corrected chi connectivity index (χ0v) is 23.5. The maximum absolute atomic E-state index is 13.8. The Hall–Kier alpha value is -3.45. The Morgan fingerprint density at radius 3 is 2.49 bits per heavy atom. The third-order valence-corrected chi connectivity index (χ3v) is 9.12. The SMILES string of the molecule is CC[C@@H](Oc1ccc([C@@H]2CCOc3cc4c(cc3C2)CN(CC2CCC2)[C@H](C(=O)O)C4)cc1)c1ccc(F)c(F)c1. The van der Waals surface area contributed by atoms with Gasteiger partial charge in [0.2, 0.25) is 0 Å². The highest BCUT2D eigenvalue weighted by molar-refractivity contribution is 5.74. The smallest absolute Gasteiger partial charge is 0.321 e. The molecule has 2 aliphatic heterocycles. The summed E-state index contributed by atoms with van der Waals surface area (Å²) in [7, 11) is 0. The molecule has 0 aromatic heterocycles. The van der Waals surface area contributed by atoms with Crippen LogP contribution in [0.3, 0.4) is 0 Å². The minimum atomic E-state index is -0.871. The van der Waals surface area contributed by atoms with E-state index in [9.17, 15) is 18.7 Å². The number of benzene rings is 3. The number of aliphatic carboxylic acids is 1. The van der Waals surface area contributed by atoms with Gasteiger partial charge in [0.15, 0.2) is 11.6 Å². The summed E-state index contributed by atoms with van der Waals surface area (Å²) in [4.78, 5) is 14.3. The Morgan fingerprint density at radius 1 is 1.00 bits per heavy atom. The lowest BCUT2D eigenvalue weighted by atomic mass is 9.83. The van der Waals surface area contributed by atoms with Crippen LogP contribution in [0.25, 0.3) is 0 Å². The molecule has 1 N–H and O–H groups in total. The van der Waals surface area contributed by atoms with E-state index in [4.69, 9.17) is 9.47 Å². The van der Waals surface area contributed by atoms with Crippen molar-refractivity contribution in [1.82, 2.24) is 4.90 Å². The van der Waals surface area contributed by atoms with E-state index in [0.29, 0.717) is 43.2 Å². The lowest BCUT2D eigenvalue weighted by Gasteiger charge is -2.39. The Balaban J connectivity index is 1.17. The van der Waals surface area contributed by atoms with Crippen molar-refractivity contribution in [3.63, 3.8) is 0 Å². The van der Waals surface area contributed by atoms with E-state index in [1.807, 2.05) is 19.1 Å². The quantitative estimate of drug-likeness (QED) is 0.315. The fourth-order valence-electron chi connectivity index (χ4n) is 6.50. The topological polar surface area (TPSA) is 59.0 Å². The van der Waals surface area contributed by atoms with Gasteiger partial charge in [0.05, 0.1) is 6.61 Å². The summed E-state index contributed by atoms with van der Waals surface area (Å²) in [5.41, 5.74) is 5.29. The number of hydrogen-bond acceptors (Lipinski definition) is 4. The van der Waals surface area contributed by atoms with Gasteiger partial charge < -0.3 is 14.6 Å². The standard InChI is InChI=1S/C34H37F2NO4/c1-2-32(24-8-11-29(35)30(36)16-24)41-28-9-6-22(7-10-28)23-12-13-40-33-18-25-17-31(34(38)39)37(19-21-4-3-5-21)20-27(25)15-26(33)14-23/h6-11,15-16,18,21,23,31-32H,2-5,12-14,17,19-20H2,1H3,(H,38,39)/t23-,31+,32-/m1/s1. The largest absolute Gasteiger partial charge is 0.493 e. The molecule has 5 nitrogen and oxygen atoms in total. The van der Waals surface area contributed by atoms with E-state index in [1.54, 1.807) is 6.07 Å². The average molecular weight is 562 g/mol. The third-order valence-electron chi connectivity index (χ3n) is 9.12. The Bertz CT molecular complexity index is 1400. The van der Waals surface area contributed by atoms with Crippen LogP contribution in [-0.2, 0) is 24.2 Å². The van der Waals surface area contributed by atoms with Crippen molar-refractivity contribution in [2.45, 2.75) is 76.5 Å². The van der Waals surface area contributed by atoms with Gasteiger partial charge in [-0.1, -0.05) is 37.6 Å². The molecule has 2 heterocycles. The van der Waals surface area contributed by atoms with Crippen molar-refractivity contribution in [3.05, 3.63) is 94.0 Å². The number of rotatable bonds is 8. The number of ether oxygens (including phenoxy) is 2. The van der Waals surface area contributed by atoms with Crippen LogP contribution in [0.15, 0.2) is 54.6 Å². The molecule has 0 spiro atoms. The van der Waals surface area contributed by atoms with Gasteiger partial charge in [0, 0.05) is 13.1 Å². The van der Waals surface area contributed by atoms with Gasteiger partial charge in [0.1, 0.15) is 23.6 Å². The molecule has 41 heavy (non-hydrogen) atoms. The summed E-state index contributed by atoms with van der Waals surface area (Å²) in [6, 6.07) is 15.8. The molecule has 0 bridgehead atoms. The first-order chi connectivity index (χ1) is 19.9. The van der Waals surface area contributed by atoms with Gasteiger partial charge >= 0.3 is 5.97 Å².